The molecule has 0 bridgehead atoms. The fourth-order valence-corrected chi connectivity index (χ4v) is 1.86. The summed E-state index contributed by atoms with van der Waals surface area (Å²) in [6.45, 7) is 2.39. The van der Waals surface area contributed by atoms with E-state index in [1.54, 1.807) is 18.2 Å². The van der Waals surface area contributed by atoms with E-state index in [2.05, 4.69) is 0 Å². The first-order valence-corrected chi connectivity index (χ1v) is 5.18. The molecule has 3 nitrogen and oxygen atoms in total. The normalized spacial score (nSPS) is 14.7. The van der Waals surface area contributed by atoms with Gasteiger partial charge < -0.3 is 0 Å². The minimum atomic E-state index is -0.237. The van der Waals surface area contributed by atoms with Crippen molar-refractivity contribution in [3.63, 3.8) is 0 Å². The number of halogens is 1. The molecule has 15 heavy (non-hydrogen) atoms. The summed E-state index contributed by atoms with van der Waals surface area (Å²) in [5, 5.41) is 0.480. The Morgan fingerprint density at radius 3 is 2.53 bits per heavy atom. The lowest BCUT2D eigenvalue weighted by Crippen LogP contribution is -2.30. The molecule has 0 aliphatic carbocycles. The monoisotopic (exact) mass is 223 g/mol. The third-order valence-corrected chi connectivity index (χ3v) is 2.62. The van der Waals surface area contributed by atoms with E-state index in [4.69, 9.17) is 11.6 Å². The van der Waals surface area contributed by atoms with E-state index in [9.17, 15) is 9.59 Å². The maximum absolute atomic E-state index is 11.8. The first-order chi connectivity index (χ1) is 7.15. The Hall–Kier alpha value is -1.35. The first kappa shape index (κ1) is 10.2. The molecule has 1 aromatic carbocycles. The molecule has 0 unspecified atom stereocenters. The van der Waals surface area contributed by atoms with Gasteiger partial charge in [0.15, 0.2) is 0 Å². The Labute approximate surface area is 92.6 Å². The largest absolute Gasteiger partial charge is 0.274 e. The zero-order chi connectivity index (χ0) is 11.0. The van der Waals surface area contributed by atoms with Gasteiger partial charge in [-0.25, -0.2) is 0 Å². The molecule has 0 N–H and O–H groups in total. The second-order valence-electron chi connectivity index (χ2n) is 3.45. The molecule has 2 rings (SSSR count). The summed E-state index contributed by atoms with van der Waals surface area (Å²) in [5.41, 5.74) is 0.874. The fraction of sp³-hybridized carbons (Fsp3) is 0.273. The number of rotatable bonds is 2. The number of fused-ring (bicyclic) bond motifs is 1. The summed E-state index contributed by atoms with van der Waals surface area (Å²) < 4.78 is 0. The van der Waals surface area contributed by atoms with Crippen molar-refractivity contribution in [2.45, 2.75) is 13.3 Å². The highest BCUT2D eigenvalue weighted by Crippen LogP contribution is 2.25. The predicted octanol–water partition coefficient (Wildman–Crippen LogP) is 2.35. The van der Waals surface area contributed by atoms with Crippen LogP contribution in [-0.4, -0.2) is 23.3 Å². The standard InChI is InChI=1S/C11H10ClNO2/c1-2-5-13-10(14)8-4-3-7(12)6-9(8)11(13)15/h3-4,6H,2,5H2,1H3. The maximum Gasteiger partial charge on any atom is 0.261 e. The number of amides is 2. The van der Waals surface area contributed by atoms with Crippen LogP contribution in [0.15, 0.2) is 18.2 Å². The highest BCUT2D eigenvalue weighted by Gasteiger charge is 2.34. The third kappa shape index (κ3) is 1.53. The van der Waals surface area contributed by atoms with Crippen LogP contribution in [-0.2, 0) is 0 Å². The van der Waals surface area contributed by atoms with Crippen LogP contribution < -0.4 is 0 Å². The van der Waals surface area contributed by atoms with Crippen molar-refractivity contribution in [2.75, 3.05) is 6.54 Å². The lowest BCUT2D eigenvalue weighted by molar-refractivity contribution is 0.0654. The second kappa shape index (κ2) is 3.66. The average Bonchev–Trinajstić information content (AvgIpc) is 2.44. The van der Waals surface area contributed by atoms with Crippen LogP contribution in [0.2, 0.25) is 5.02 Å². The highest BCUT2D eigenvalue weighted by atomic mass is 35.5. The van der Waals surface area contributed by atoms with Gasteiger partial charge >= 0.3 is 0 Å². The van der Waals surface area contributed by atoms with E-state index in [0.717, 1.165) is 6.42 Å². The van der Waals surface area contributed by atoms with Gasteiger partial charge in [0.2, 0.25) is 0 Å². The summed E-state index contributed by atoms with van der Waals surface area (Å²) in [6.07, 6.45) is 0.763. The summed E-state index contributed by atoms with van der Waals surface area (Å²) in [5.74, 6) is -0.451. The van der Waals surface area contributed by atoms with Gasteiger partial charge in [0.25, 0.3) is 11.8 Å². The molecule has 0 atom stereocenters. The van der Waals surface area contributed by atoms with E-state index >= 15 is 0 Å². The molecule has 1 heterocycles. The van der Waals surface area contributed by atoms with Gasteiger partial charge in [-0.15, -0.1) is 0 Å². The summed E-state index contributed by atoms with van der Waals surface area (Å²) >= 11 is 5.78. The van der Waals surface area contributed by atoms with Gasteiger partial charge in [0.05, 0.1) is 11.1 Å². The zero-order valence-electron chi connectivity index (χ0n) is 8.29. The van der Waals surface area contributed by atoms with Crippen molar-refractivity contribution >= 4 is 23.4 Å². The van der Waals surface area contributed by atoms with Crippen molar-refractivity contribution in [3.05, 3.63) is 34.3 Å². The van der Waals surface area contributed by atoms with Crippen LogP contribution in [0.25, 0.3) is 0 Å². The van der Waals surface area contributed by atoms with Crippen molar-refractivity contribution in [2.24, 2.45) is 0 Å². The Bertz CT molecular complexity index is 442. The van der Waals surface area contributed by atoms with Gasteiger partial charge in [-0.1, -0.05) is 18.5 Å². The van der Waals surface area contributed by atoms with Gasteiger partial charge in [-0.2, -0.15) is 0 Å². The summed E-state index contributed by atoms with van der Waals surface area (Å²) in [7, 11) is 0. The van der Waals surface area contributed by atoms with Crippen molar-refractivity contribution in [1.82, 2.24) is 4.90 Å². The Morgan fingerprint density at radius 2 is 1.87 bits per heavy atom. The summed E-state index contributed by atoms with van der Waals surface area (Å²) in [6, 6.07) is 4.78. The lowest BCUT2D eigenvalue weighted by Gasteiger charge is -2.11. The van der Waals surface area contributed by atoms with Gasteiger partial charge in [-0.3, -0.25) is 14.5 Å². The van der Waals surface area contributed by atoms with Crippen molar-refractivity contribution in [3.8, 4) is 0 Å². The Morgan fingerprint density at radius 1 is 1.20 bits per heavy atom. The lowest BCUT2D eigenvalue weighted by atomic mass is 10.1. The highest BCUT2D eigenvalue weighted by molar-refractivity contribution is 6.32. The van der Waals surface area contributed by atoms with Gasteiger partial charge in [0, 0.05) is 11.6 Å². The Kier molecular flexibility index (Phi) is 2.49. The topological polar surface area (TPSA) is 37.4 Å². The van der Waals surface area contributed by atoms with E-state index in [1.807, 2.05) is 6.92 Å². The number of carbonyl (C=O) groups is 2. The second-order valence-corrected chi connectivity index (χ2v) is 3.89. The number of imide groups is 1. The van der Waals surface area contributed by atoms with Crippen LogP contribution in [0.1, 0.15) is 34.1 Å². The van der Waals surface area contributed by atoms with Crippen LogP contribution in [0.5, 0.6) is 0 Å². The molecule has 0 spiro atoms. The third-order valence-electron chi connectivity index (χ3n) is 2.38. The SMILES string of the molecule is CCCN1C(=O)c2ccc(Cl)cc2C1=O. The molecular weight excluding hydrogens is 214 g/mol. The molecule has 0 aromatic heterocycles. The number of benzene rings is 1. The number of hydrogen-bond donors (Lipinski definition) is 0. The van der Waals surface area contributed by atoms with Crippen molar-refractivity contribution < 1.29 is 9.59 Å². The predicted molar refractivity (Wildman–Crippen MR) is 57.1 cm³/mol. The quantitative estimate of drug-likeness (QED) is 0.722. The van der Waals surface area contributed by atoms with E-state index in [0.29, 0.717) is 22.7 Å². The van der Waals surface area contributed by atoms with Gasteiger partial charge in [-0.05, 0) is 24.6 Å². The van der Waals surface area contributed by atoms with E-state index in [-0.39, 0.29) is 11.8 Å². The molecule has 1 aliphatic rings. The van der Waals surface area contributed by atoms with Crippen molar-refractivity contribution in [1.29, 1.82) is 0 Å². The fourth-order valence-electron chi connectivity index (χ4n) is 1.69. The number of carbonyl (C=O) groups excluding carboxylic acids is 2. The molecule has 78 valence electrons. The van der Waals surface area contributed by atoms with Crippen LogP contribution in [0.4, 0.5) is 0 Å². The minimum absolute atomic E-state index is 0.214. The molecule has 0 saturated heterocycles. The van der Waals surface area contributed by atoms with Crippen LogP contribution in [0, 0.1) is 0 Å². The first-order valence-electron chi connectivity index (χ1n) is 4.81. The molecule has 0 fully saturated rings. The smallest absolute Gasteiger partial charge is 0.261 e. The van der Waals surface area contributed by atoms with Crippen LogP contribution in [0.3, 0.4) is 0 Å². The molecule has 1 aromatic rings. The minimum Gasteiger partial charge on any atom is -0.274 e. The van der Waals surface area contributed by atoms with E-state index in [1.165, 1.54) is 4.90 Å². The number of hydrogen-bond acceptors (Lipinski definition) is 2. The molecule has 1 aliphatic heterocycles. The molecule has 0 radical (unpaired) electrons. The average molecular weight is 224 g/mol. The maximum atomic E-state index is 11.8. The molecule has 0 saturated carbocycles. The number of nitrogens with zero attached hydrogens (tertiary/aromatic N) is 1. The molecule has 2 amide bonds. The molecular formula is C11H10ClNO2. The van der Waals surface area contributed by atoms with Gasteiger partial charge in [0.1, 0.15) is 0 Å². The van der Waals surface area contributed by atoms with E-state index < -0.39 is 0 Å². The van der Waals surface area contributed by atoms with Crippen LogP contribution >= 0.6 is 11.6 Å². The zero-order valence-corrected chi connectivity index (χ0v) is 9.04. The molecule has 4 heteroatoms. The summed E-state index contributed by atoms with van der Waals surface area (Å²) in [4.78, 5) is 24.8. The Balaban J connectivity index is 2.46.